The van der Waals surface area contributed by atoms with Crippen LogP contribution in [-0.4, -0.2) is 23.0 Å². The van der Waals surface area contributed by atoms with E-state index >= 15 is 0 Å². The standard InChI is InChI=1S/C10H20N.C2H5.I2.U/c1-9(2)7-6-8-10(3,4)11(9)5;2*1-2;/h6H,7-8H2,1-5H3;1H2,2H3;;/q2*-1;;+2. The number of likely N-dealkylation sites (tertiary alicyclic amines) is 1. The van der Waals surface area contributed by atoms with Crippen molar-refractivity contribution in [3.8, 4) is 0 Å². The maximum absolute atomic E-state index is 3.25. The number of nitrogens with zero attached hydrogens (tertiary/aromatic N) is 1. The van der Waals surface area contributed by atoms with E-state index in [0.717, 1.165) is 0 Å². The SMILES string of the molecule is CN1C(C)(C)C[CH-]CC1(C)C.II.[CH2-]C.[U+2]. The van der Waals surface area contributed by atoms with Crippen LogP contribution in [0.25, 0.3) is 0 Å². The van der Waals surface area contributed by atoms with Gasteiger partial charge in [0.2, 0.25) is 0 Å². The Labute approximate surface area is 150 Å². The maximum atomic E-state index is 3.25. The second kappa shape index (κ2) is 11.3. The predicted molar refractivity (Wildman–Crippen MR) is 88.5 cm³/mol. The van der Waals surface area contributed by atoms with Crippen LogP contribution in [0.15, 0.2) is 0 Å². The van der Waals surface area contributed by atoms with E-state index in [4.69, 9.17) is 0 Å². The van der Waals surface area contributed by atoms with Crippen LogP contribution in [0.2, 0.25) is 0 Å². The van der Waals surface area contributed by atoms with Gasteiger partial charge in [-0.2, -0.15) is 19.8 Å². The Balaban J connectivity index is -0.000000305. The van der Waals surface area contributed by atoms with Crippen molar-refractivity contribution < 1.29 is 31.1 Å². The van der Waals surface area contributed by atoms with Crippen LogP contribution in [0.3, 0.4) is 0 Å². The van der Waals surface area contributed by atoms with E-state index in [1.807, 2.05) is 0 Å². The first kappa shape index (κ1) is 23.6. The smallest absolute Gasteiger partial charge is 0.346 e. The molecule has 0 aromatic heterocycles. The van der Waals surface area contributed by atoms with Crippen molar-refractivity contribution in [3.63, 3.8) is 0 Å². The third-order valence-corrected chi connectivity index (χ3v) is 3.10. The van der Waals surface area contributed by atoms with Gasteiger partial charge in [0.15, 0.2) is 0 Å². The number of hydrogen-bond donors (Lipinski definition) is 0. The molecule has 0 unspecified atom stereocenters. The first-order valence-corrected chi connectivity index (χ1v) is 11.6. The maximum Gasteiger partial charge on any atom is 2.00 e. The van der Waals surface area contributed by atoms with E-state index in [1.165, 1.54) is 12.8 Å². The van der Waals surface area contributed by atoms with Gasteiger partial charge in [-0.1, -0.05) is 0 Å². The summed E-state index contributed by atoms with van der Waals surface area (Å²) < 4.78 is 0. The predicted octanol–water partition coefficient (Wildman–Crippen LogP) is 5.09. The Hall–Kier alpha value is 2.47. The molecule has 0 bridgehead atoms. The Morgan fingerprint density at radius 3 is 1.44 bits per heavy atom. The van der Waals surface area contributed by atoms with Gasteiger partial charge in [-0.25, -0.2) is 0 Å². The fraction of sp³-hybridized carbons (Fsp3) is 0.833. The second-order valence-corrected chi connectivity index (χ2v) is 4.88. The fourth-order valence-electron chi connectivity index (χ4n) is 1.87. The molecule has 0 aromatic carbocycles. The molecule has 0 aliphatic carbocycles. The van der Waals surface area contributed by atoms with Crippen molar-refractivity contribution in [2.24, 2.45) is 0 Å². The largest absolute Gasteiger partial charge is 2.00 e. The topological polar surface area (TPSA) is 3.24 Å². The third kappa shape index (κ3) is 7.81. The molecule has 0 N–H and O–H groups in total. The van der Waals surface area contributed by atoms with Crippen LogP contribution in [0.1, 0.15) is 47.5 Å². The molecule has 1 heterocycles. The monoisotopic (exact) mass is 675 g/mol. The van der Waals surface area contributed by atoms with Crippen molar-refractivity contribution in [2.45, 2.75) is 58.5 Å². The van der Waals surface area contributed by atoms with Crippen molar-refractivity contribution in [2.75, 3.05) is 7.05 Å². The summed E-state index contributed by atoms with van der Waals surface area (Å²) in [5.41, 5.74) is 0.698. The Morgan fingerprint density at radius 2 is 1.25 bits per heavy atom. The van der Waals surface area contributed by atoms with E-state index in [9.17, 15) is 0 Å². The van der Waals surface area contributed by atoms with Crippen LogP contribution < -0.4 is 0 Å². The number of piperidine rings is 1. The molecule has 0 amide bonds. The molecule has 0 atom stereocenters. The molecular weight excluding hydrogens is 650 g/mol. The molecule has 1 aliphatic rings. The van der Waals surface area contributed by atoms with Crippen LogP contribution >= 0.6 is 37.2 Å². The molecule has 96 valence electrons. The van der Waals surface area contributed by atoms with Crippen molar-refractivity contribution in [3.05, 3.63) is 13.3 Å². The van der Waals surface area contributed by atoms with Gasteiger partial charge >= 0.3 is 31.1 Å². The van der Waals surface area contributed by atoms with Gasteiger partial charge in [0.25, 0.3) is 0 Å². The summed E-state index contributed by atoms with van der Waals surface area (Å²) in [4.78, 5) is 2.49. The van der Waals surface area contributed by atoms with Gasteiger partial charge in [0, 0.05) is 37.2 Å². The minimum absolute atomic E-state index is 0. The van der Waals surface area contributed by atoms with E-state index in [0.29, 0.717) is 11.1 Å². The van der Waals surface area contributed by atoms with Crippen molar-refractivity contribution in [1.82, 2.24) is 4.90 Å². The van der Waals surface area contributed by atoms with Gasteiger partial charge in [-0.05, 0) is 45.8 Å². The molecule has 0 aromatic rings. The third-order valence-electron chi connectivity index (χ3n) is 3.10. The number of rotatable bonds is 0. The Bertz CT molecular complexity index is 145. The molecule has 0 spiro atoms. The van der Waals surface area contributed by atoms with Crippen LogP contribution in [0, 0.1) is 44.5 Å². The summed E-state index contributed by atoms with van der Waals surface area (Å²) in [5.74, 6) is 0. The van der Waals surface area contributed by atoms with Gasteiger partial charge < -0.3 is 18.2 Å². The summed E-state index contributed by atoms with van der Waals surface area (Å²) in [5, 5.41) is 0. The fourth-order valence-corrected chi connectivity index (χ4v) is 1.87. The normalized spacial score (nSPS) is 21.6. The summed E-state index contributed by atoms with van der Waals surface area (Å²) in [6.45, 7) is 14.2. The summed E-state index contributed by atoms with van der Waals surface area (Å²) >= 11 is 4.24. The molecule has 0 radical (unpaired) electrons. The Kier molecular flexibility index (Phi) is 16.7. The van der Waals surface area contributed by atoms with E-state index in [-0.39, 0.29) is 31.1 Å². The van der Waals surface area contributed by atoms with Crippen LogP contribution in [0.5, 0.6) is 0 Å². The zero-order valence-electron chi connectivity index (χ0n) is 11.4. The van der Waals surface area contributed by atoms with E-state index < -0.39 is 0 Å². The molecule has 1 aliphatic heterocycles. The quantitative estimate of drug-likeness (QED) is 0.256. The van der Waals surface area contributed by atoms with Crippen molar-refractivity contribution in [1.29, 1.82) is 0 Å². The van der Waals surface area contributed by atoms with Crippen LogP contribution in [-0.2, 0) is 0 Å². The van der Waals surface area contributed by atoms with E-state index in [2.05, 4.69) is 90.2 Å². The molecule has 0 saturated carbocycles. The molecule has 1 rings (SSSR count). The van der Waals surface area contributed by atoms with Gasteiger partial charge in [-0.3, -0.25) is 0 Å². The minimum Gasteiger partial charge on any atom is -0.346 e. The Morgan fingerprint density at radius 1 is 1.00 bits per heavy atom. The van der Waals surface area contributed by atoms with Crippen LogP contribution in [0.4, 0.5) is 0 Å². The van der Waals surface area contributed by atoms with E-state index in [1.54, 1.807) is 6.92 Å². The number of hydrogen-bond acceptors (Lipinski definition) is 1. The average molecular weight is 675 g/mol. The number of halogens is 2. The zero-order chi connectivity index (χ0) is 12.7. The van der Waals surface area contributed by atoms with Crippen molar-refractivity contribution >= 4 is 37.2 Å². The molecule has 4 heteroatoms. The van der Waals surface area contributed by atoms with Gasteiger partial charge in [0.05, 0.1) is 0 Å². The first-order chi connectivity index (χ1) is 6.86. The zero-order valence-corrected chi connectivity index (χ0v) is 19.9. The molecular formula is C12H25I2NU. The van der Waals surface area contributed by atoms with Gasteiger partial charge in [0.1, 0.15) is 0 Å². The summed E-state index contributed by atoms with van der Waals surface area (Å²) in [6.07, 6.45) is 4.85. The first-order valence-electron chi connectivity index (χ1n) is 5.27. The molecule has 1 nitrogen and oxygen atoms in total. The minimum atomic E-state index is 0. The molecule has 16 heavy (non-hydrogen) atoms. The van der Waals surface area contributed by atoms with Gasteiger partial charge in [-0.15, -0.1) is 0 Å². The molecule has 1 saturated heterocycles. The summed E-state index contributed by atoms with van der Waals surface area (Å²) in [6, 6.07) is 0. The second-order valence-electron chi connectivity index (χ2n) is 4.88. The average Bonchev–Trinajstić information content (AvgIpc) is 2.20. The summed E-state index contributed by atoms with van der Waals surface area (Å²) in [7, 11) is 2.23. The molecule has 1 fully saturated rings.